The fraction of sp³-hybridized carbons (Fsp3) is 0.217. The Bertz CT molecular complexity index is 1340. The Balaban J connectivity index is 1.77. The van der Waals surface area contributed by atoms with Crippen LogP contribution in [0.1, 0.15) is 35.8 Å². The van der Waals surface area contributed by atoms with Crippen LogP contribution in [0.2, 0.25) is 0 Å². The van der Waals surface area contributed by atoms with Gasteiger partial charge in [0.15, 0.2) is 17.3 Å². The van der Waals surface area contributed by atoms with Gasteiger partial charge >= 0.3 is 0 Å². The van der Waals surface area contributed by atoms with Crippen molar-refractivity contribution in [3.05, 3.63) is 70.3 Å². The van der Waals surface area contributed by atoms with E-state index in [0.717, 1.165) is 0 Å². The van der Waals surface area contributed by atoms with E-state index in [-0.39, 0.29) is 17.4 Å². The quantitative estimate of drug-likeness (QED) is 0.442. The third-order valence-electron chi connectivity index (χ3n) is 4.91. The first kappa shape index (κ1) is 21.9. The van der Waals surface area contributed by atoms with Crippen LogP contribution in [0.4, 0.5) is 5.82 Å². The molecule has 0 bridgehead atoms. The number of hydrogen-bond donors (Lipinski definition) is 2. The minimum atomic E-state index is -0.412. The maximum Gasteiger partial charge on any atom is 0.256 e. The topological polar surface area (TPSA) is 124 Å². The first-order chi connectivity index (χ1) is 15.9. The summed E-state index contributed by atoms with van der Waals surface area (Å²) in [5, 5.41) is 7.33. The molecule has 4 aromatic rings. The zero-order valence-corrected chi connectivity index (χ0v) is 18.6. The van der Waals surface area contributed by atoms with E-state index in [1.165, 1.54) is 31.2 Å². The summed E-state index contributed by atoms with van der Waals surface area (Å²) in [6.45, 7) is 3.87. The van der Waals surface area contributed by atoms with Gasteiger partial charge < -0.3 is 19.2 Å². The number of ether oxygens (including phenoxy) is 2. The second-order valence-corrected chi connectivity index (χ2v) is 7.48. The standard InChI is InChI=1S/C23H23N5O5/c1-13(2)15-12-21(29)26-23(24-15)28-20(11-16(27-28)17-6-5-9-33-17)25-22(30)14-7-8-18(31-3)19(10-14)32-4/h5-13H,1-4H3,(H,25,30)(H,24,26,29). The molecule has 3 heterocycles. The number of H-pyrrole nitrogens is 1. The molecule has 0 atom stereocenters. The summed E-state index contributed by atoms with van der Waals surface area (Å²) in [6.07, 6.45) is 1.52. The minimum absolute atomic E-state index is 0.0240. The lowest BCUT2D eigenvalue weighted by Gasteiger charge is -2.11. The monoisotopic (exact) mass is 449 g/mol. The molecule has 170 valence electrons. The van der Waals surface area contributed by atoms with Gasteiger partial charge in [0.25, 0.3) is 11.5 Å². The molecule has 0 unspecified atom stereocenters. The van der Waals surface area contributed by atoms with Gasteiger partial charge in [0, 0.05) is 17.7 Å². The summed E-state index contributed by atoms with van der Waals surface area (Å²) in [4.78, 5) is 32.5. The molecule has 0 aliphatic rings. The van der Waals surface area contributed by atoms with Crippen molar-refractivity contribution in [2.24, 2.45) is 0 Å². The highest BCUT2D eigenvalue weighted by molar-refractivity contribution is 6.04. The summed E-state index contributed by atoms with van der Waals surface area (Å²) in [7, 11) is 3.01. The molecular formula is C23H23N5O5. The Labute approximate surface area is 189 Å². The van der Waals surface area contributed by atoms with E-state index in [1.807, 2.05) is 13.8 Å². The molecule has 0 spiro atoms. The Morgan fingerprint density at radius 3 is 2.58 bits per heavy atom. The van der Waals surface area contributed by atoms with E-state index < -0.39 is 5.91 Å². The highest BCUT2D eigenvalue weighted by Crippen LogP contribution is 2.29. The maximum absolute atomic E-state index is 13.0. The van der Waals surface area contributed by atoms with Crippen molar-refractivity contribution in [2.45, 2.75) is 19.8 Å². The number of benzene rings is 1. The third-order valence-corrected chi connectivity index (χ3v) is 4.91. The van der Waals surface area contributed by atoms with Gasteiger partial charge in [-0.1, -0.05) is 13.8 Å². The van der Waals surface area contributed by atoms with Crippen LogP contribution < -0.4 is 20.3 Å². The highest BCUT2D eigenvalue weighted by atomic mass is 16.5. The molecule has 0 saturated heterocycles. The second kappa shape index (κ2) is 9.03. The lowest BCUT2D eigenvalue weighted by molar-refractivity contribution is 0.102. The number of aromatic amines is 1. The van der Waals surface area contributed by atoms with Crippen molar-refractivity contribution in [3.8, 4) is 28.9 Å². The molecule has 0 aliphatic heterocycles. The number of rotatable bonds is 7. The second-order valence-electron chi connectivity index (χ2n) is 7.48. The summed E-state index contributed by atoms with van der Waals surface area (Å²) in [5.41, 5.74) is 1.08. The maximum atomic E-state index is 13.0. The molecule has 1 aromatic carbocycles. The fourth-order valence-corrected chi connectivity index (χ4v) is 3.20. The van der Waals surface area contributed by atoms with Crippen molar-refractivity contribution >= 4 is 11.7 Å². The molecule has 2 N–H and O–H groups in total. The van der Waals surface area contributed by atoms with Gasteiger partial charge in [-0.25, -0.2) is 4.98 Å². The van der Waals surface area contributed by atoms with Crippen LogP contribution in [0.25, 0.3) is 17.4 Å². The van der Waals surface area contributed by atoms with Gasteiger partial charge in [-0.3, -0.25) is 14.6 Å². The number of aromatic nitrogens is 4. The van der Waals surface area contributed by atoms with E-state index in [1.54, 1.807) is 36.4 Å². The molecule has 0 fully saturated rings. The van der Waals surface area contributed by atoms with Crippen LogP contribution in [0.15, 0.2) is 57.9 Å². The molecule has 10 heteroatoms. The number of anilines is 1. The molecule has 0 radical (unpaired) electrons. The summed E-state index contributed by atoms with van der Waals surface area (Å²) < 4.78 is 17.3. The zero-order chi connectivity index (χ0) is 23.5. The molecular weight excluding hydrogens is 426 g/mol. The largest absolute Gasteiger partial charge is 0.493 e. The molecule has 3 aromatic heterocycles. The van der Waals surface area contributed by atoms with E-state index in [4.69, 9.17) is 13.9 Å². The number of furan rings is 1. The third kappa shape index (κ3) is 4.49. The van der Waals surface area contributed by atoms with Crippen LogP contribution in [0.5, 0.6) is 11.5 Å². The van der Waals surface area contributed by atoms with Crippen molar-refractivity contribution in [2.75, 3.05) is 19.5 Å². The van der Waals surface area contributed by atoms with E-state index in [0.29, 0.717) is 40.0 Å². The number of hydrogen-bond acceptors (Lipinski definition) is 7. The predicted molar refractivity (Wildman–Crippen MR) is 121 cm³/mol. The van der Waals surface area contributed by atoms with Gasteiger partial charge in [0.2, 0.25) is 5.95 Å². The zero-order valence-electron chi connectivity index (χ0n) is 18.6. The van der Waals surface area contributed by atoms with Crippen LogP contribution >= 0.6 is 0 Å². The summed E-state index contributed by atoms with van der Waals surface area (Å²) in [5.74, 6) is 1.51. The smallest absolute Gasteiger partial charge is 0.256 e. The first-order valence-corrected chi connectivity index (χ1v) is 10.2. The van der Waals surface area contributed by atoms with Crippen molar-refractivity contribution in [1.29, 1.82) is 0 Å². The molecule has 0 aliphatic carbocycles. The summed E-state index contributed by atoms with van der Waals surface area (Å²) in [6, 6.07) is 11.4. The number of nitrogens with zero attached hydrogens (tertiary/aromatic N) is 3. The number of amides is 1. The predicted octanol–water partition coefficient (Wildman–Crippen LogP) is 3.61. The number of nitrogens with one attached hydrogen (secondary N) is 2. The van der Waals surface area contributed by atoms with Crippen molar-refractivity contribution < 1.29 is 18.7 Å². The highest BCUT2D eigenvalue weighted by Gasteiger charge is 2.19. The van der Waals surface area contributed by atoms with Crippen molar-refractivity contribution in [3.63, 3.8) is 0 Å². The lowest BCUT2D eigenvalue weighted by atomic mass is 10.1. The van der Waals surface area contributed by atoms with Crippen LogP contribution in [-0.4, -0.2) is 39.9 Å². The van der Waals surface area contributed by atoms with Gasteiger partial charge in [-0.2, -0.15) is 9.78 Å². The average Bonchev–Trinajstić information content (AvgIpc) is 3.48. The van der Waals surface area contributed by atoms with E-state index in [9.17, 15) is 9.59 Å². The lowest BCUT2D eigenvalue weighted by Crippen LogP contribution is -2.19. The van der Waals surface area contributed by atoms with Crippen LogP contribution in [0, 0.1) is 0 Å². The van der Waals surface area contributed by atoms with E-state index >= 15 is 0 Å². The van der Waals surface area contributed by atoms with Gasteiger partial charge in [-0.15, -0.1) is 0 Å². The van der Waals surface area contributed by atoms with Crippen LogP contribution in [0.3, 0.4) is 0 Å². The Morgan fingerprint density at radius 1 is 1.12 bits per heavy atom. The van der Waals surface area contributed by atoms with Gasteiger partial charge in [-0.05, 0) is 36.2 Å². The van der Waals surface area contributed by atoms with Gasteiger partial charge in [0.05, 0.1) is 26.2 Å². The molecule has 33 heavy (non-hydrogen) atoms. The molecule has 1 amide bonds. The normalized spacial score (nSPS) is 10.9. The Morgan fingerprint density at radius 2 is 1.91 bits per heavy atom. The molecule has 0 saturated carbocycles. The Hall–Kier alpha value is -4.34. The van der Waals surface area contributed by atoms with E-state index in [2.05, 4.69) is 20.4 Å². The SMILES string of the molecule is COc1ccc(C(=O)Nc2cc(-c3ccco3)nn2-c2nc(C(C)C)cc(=O)[nH]2)cc1OC. The summed E-state index contributed by atoms with van der Waals surface area (Å²) >= 11 is 0. The van der Waals surface area contributed by atoms with Crippen molar-refractivity contribution in [1.82, 2.24) is 19.7 Å². The molecule has 4 rings (SSSR count). The molecule has 10 nitrogen and oxygen atoms in total. The van der Waals surface area contributed by atoms with Crippen LogP contribution in [-0.2, 0) is 0 Å². The fourth-order valence-electron chi connectivity index (χ4n) is 3.20. The van der Waals surface area contributed by atoms with Gasteiger partial charge in [0.1, 0.15) is 11.5 Å². The average molecular weight is 449 g/mol. The number of carbonyl (C=O) groups excluding carboxylic acids is 1. The number of carbonyl (C=O) groups is 1. The number of methoxy groups -OCH3 is 2. The Kier molecular flexibility index (Phi) is 5.99. The minimum Gasteiger partial charge on any atom is -0.493 e. The first-order valence-electron chi connectivity index (χ1n) is 10.2.